The summed E-state index contributed by atoms with van der Waals surface area (Å²) in [6, 6.07) is 0. The normalized spacial score (nSPS) is 11.6. The molecule has 11 heavy (non-hydrogen) atoms. The number of hydrogen-bond donors (Lipinski definition) is 0. The van der Waals surface area contributed by atoms with Crippen LogP contribution in [0.5, 0.6) is 0 Å². The van der Waals surface area contributed by atoms with Crippen LogP contribution in [0.25, 0.3) is 0 Å². The Hall–Kier alpha value is -0.520. The summed E-state index contributed by atoms with van der Waals surface area (Å²) in [7, 11) is 0. The van der Waals surface area contributed by atoms with Crippen LogP contribution in [-0.2, 0) is 0 Å². The number of allylic oxidation sites excluding steroid dienone is 3. The lowest BCUT2D eigenvalue weighted by Gasteiger charge is -2.01. The van der Waals surface area contributed by atoms with Crippen LogP contribution in [0.15, 0.2) is 24.3 Å². The van der Waals surface area contributed by atoms with E-state index in [0.717, 1.165) is 0 Å². The highest BCUT2D eigenvalue weighted by atomic mass is 14.0. The average Bonchev–Trinajstić information content (AvgIpc) is 2.03. The zero-order chi connectivity index (χ0) is 8.53. The summed E-state index contributed by atoms with van der Waals surface area (Å²) < 4.78 is 0. The lowest BCUT2D eigenvalue weighted by atomic mass is 10.1. The van der Waals surface area contributed by atoms with Crippen molar-refractivity contribution < 1.29 is 0 Å². The molecular formula is C11H20. The number of unbranched alkanes of at least 4 members (excludes halogenated alkanes) is 2. The SMILES string of the molecule is C=CC=C(CC)CCCCC. The first kappa shape index (κ1) is 10.5. The van der Waals surface area contributed by atoms with Crippen molar-refractivity contribution in [3.8, 4) is 0 Å². The molecule has 0 fully saturated rings. The summed E-state index contributed by atoms with van der Waals surface area (Å²) in [6.45, 7) is 8.15. The molecule has 0 heteroatoms. The standard InChI is InChI=1S/C11H20/c1-4-7-8-10-11(6-3)9-5-2/h5,9H,2,4,6-8,10H2,1,3H3. The van der Waals surface area contributed by atoms with E-state index in [1.807, 2.05) is 6.08 Å². The molecule has 0 aliphatic rings. The first-order valence-corrected chi connectivity index (χ1v) is 4.65. The Morgan fingerprint density at radius 1 is 1.27 bits per heavy atom. The molecule has 0 aromatic carbocycles. The third-order valence-corrected chi connectivity index (χ3v) is 1.91. The molecule has 64 valence electrons. The Kier molecular flexibility index (Phi) is 7.23. The highest BCUT2D eigenvalue weighted by Gasteiger charge is 1.91. The van der Waals surface area contributed by atoms with E-state index in [1.165, 1.54) is 37.7 Å². The van der Waals surface area contributed by atoms with Gasteiger partial charge in [-0.05, 0) is 19.3 Å². The fourth-order valence-corrected chi connectivity index (χ4v) is 1.15. The Labute approximate surface area is 71.0 Å². The minimum atomic E-state index is 1.18. The van der Waals surface area contributed by atoms with E-state index in [-0.39, 0.29) is 0 Å². The highest BCUT2D eigenvalue weighted by molar-refractivity contribution is 5.09. The van der Waals surface area contributed by atoms with Gasteiger partial charge >= 0.3 is 0 Å². The fourth-order valence-electron chi connectivity index (χ4n) is 1.15. The smallest absolute Gasteiger partial charge is 0.0317 e. The van der Waals surface area contributed by atoms with E-state index in [2.05, 4.69) is 26.5 Å². The second-order valence-electron chi connectivity index (χ2n) is 2.87. The minimum Gasteiger partial charge on any atom is -0.0991 e. The van der Waals surface area contributed by atoms with Crippen molar-refractivity contribution in [1.82, 2.24) is 0 Å². The van der Waals surface area contributed by atoms with Gasteiger partial charge in [-0.25, -0.2) is 0 Å². The Morgan fingerprint density at radius 3 is 2.45 bits per heavy atom. The molecule has 0 nitrogen and oxygen atoms in total. The third-order valence-electron chi connectivity index (χ3n) is 1.91. The van der Waals surface area contributed by atoms with E-state index < -0.39 is 0 Å². The largest absolute Gasteiger partial charge is 0.0991 e. The summed E-state index contributed by atoms with van der Waals surface area (Å²) in [5.41, 5.74) is 1.54. The van der Waals surface area contributed by atoms with E-state index in [1.54, 1.807) is 0 Å². The van der Waals surface area contributed by atoms with Gasteiger partial charge in [-0.2, -0.15) is 0 Å². The monoisotopic (exact) mass is 152 g/mol. The molecule has 0 spiro atoms. The van der Waals surface area contributed by atoms with Crippen molar-refractivity contribution in [2.45, 2.75) is 46.0 Å². The molecule has 0 amide bonds. The van der Waals surface area contributed by atoms with Crippen molar-refractivity contribution in [2.24, 2.45) is 0 Å². The van der Waals surface area contributed by atoms with E-state index in [0.29, 0.717) is 0 Å². The molecule has 0 rings (SSSR count). The Morgan fingerprint density at radius 2 is 2.00 bits per heavy atom. The molecule has 0 saturated carbocycles. The molecule has 0 saturated heterocycles. The van der Waals surface area contributed by atoms with Crippen molar-refractivity contribution in [1.29, 1.82) is 0 Å². The second-order valence-corrected chi connectivity index (χ2v) is 2.87. The van der Waals surface area contributed by atoms with Gasteiger partial charge in [0.25, 0.3) is 0 Å². The average molecular weight is 152 g/mol. The molecule has 0 aromatic heterocycles. The number of hydrogen-bond acceptors (Lipinski definition) is 0. The van der Waals surface area contributed by atoms with Crippen molar-refractivity contribution in [3.05, 3.63) is 24.3 Å². The van der Waals surface area contributed by atoms with Gasteiger partial charge < -0.3 is 0 Å². The highest BCUT2D eigenvalue weighted by Crippen LogP contribution is 2.11. The summed E-state index contributed by atoms with van der Waals surface area (Å²) in [5.74, 6) is 0. The maximum absolute atomic E-state index is 3.70. The van der Waals surface area contributed by atoms with Crippen molar-refractivity contribution in [3.63, 3.8) is 0 Å². The maximum atomic E-state index is 3.70. The molecular weight excluding hydrogens is 132 g/mol. The van der Waals surface area contributed by atoms with Gasteiger partial charge in [-0.3, -0.25) is 0 Å². The van der Waals surface area contributed by atoms with Gasteiger partial charge in [0.1, 0.15) is 0 Å². The van der Waals surface area contributed by atoms with Gasteiger partial charge in [0, 0.05) is 0 Å². The predicted molar refractivity (Wildman–Crippen MR) is 52.7 cm³/mol. The summed E-state index contributed by atoms with van der Waals surface area (Å²) in [5, 5.41) is 0. The molecule has 0 radical (unpaired) electrons. The quantitative estimate of drug-likeness (QED) is 0.397. The zero-order valence-electron chi connectivity index (χ0n) is 7.90. The second kappa shape index (κ2) is 7.59. The van der Waals surface area contributed by atoms with E-state index in [9.17, 15) is 0 Å². The van der Waals surface area contributed by atoms with Crippen LogP contribution in [-0.4, -0.2) is 0 Å². The van der Waals surface area contributed by atoms with Crippen LogP contribution < -0.4 is 0 Å². The van der Waals surface area contributed by atoms with Gasteiger partial charge in [0.2, 0.25) is 0 Å². The Balaban J connectivity index is 3.52. The van der Waals surface area contributed by atoms with Crippen molar-refractivity contribution >= 4 is 0 Å². The van der Waals surface area contributed by atoms with E-state index >= 15 is 0 Å². The van der Waals surface area contributed by atoms with Crippen LogP contribution in [0.2, 0.25) is 0 Å². The maximum Gasteiger partial charge on any atom is -0.0317 e. The van der Waals surface area contributed by atoms with Crippen LogP contribution in [0.3, 0.4) is 0 Å². The zero-order valence-corrected chi connectivity index (χ0v) is 7.90. The van der Waals surface area contributed by atoms with Crippen LogP contribution in [0.1, 0.15) is 46.0 Å². The molecule has 0 N–H and O–H groups in total. The minimum absolute atomic E-state index is 1.18. The molecule has 0 aromatic rings. The lowest BCUT2D eigenvalue weighted by molar-refractivity contribution is 0.702. The molecule has 0 heterocycles. The first-order valence-electron chi connectivity index (χ1n) is 4.65. The van der Waals surface area contributed by atoms with Crippen LogP contribution in [0.4, 0.5) is 0 Å². The van der Waals surface area contributed by atoms with Gasteiger partial charge in [0.15, 0.2) is 0 Å². The topological polar surface area (TPSA) is 0 Å². The molecule has 0 unspecified atom stereocenters. The third kappa shape index (κ3) is 5.90. The first-order chi connectivity index (χ1) is 5.35. The molecule has 0 atom stereocenters. The fraction of sp³-hybridized carbons (Fsp3) is 0.636. The van der Waals surface area contributed by atoms with Crippen LogP contribution >= 0.6 is 0 Å². The number of rotatable bonds is 6. The summed E-state index contributed by atoms with van der Waals surface area (Å²) >= 11 is 0. The molecule has 0 aliphatic carbocycles. The lowest BCUT2D eigenvalue weighted by Crippen LogP contribution is -1.81. The van der Waals surface area contributed by atoms with Crippen molar-refractivity contribution in [2.75, 3.05) is 0 Å². The van der Waals surface area contributed by atoms with Gasteiger partial charge in [-0.15, -0.1) is 0 Å². The molecule has 0 aliphatic heterocycles. The van der Waals surface area contributed by atoms with Gasteiger partial charge in [0.05, 0.1) is 0 Å². The summed E-state index contributed by atoms with van der Waals surface area (Å²) in [6.07, 6.45) is 10.5. The van der Waals surface area contributed by atoms with Gasteiger partial charge in [-0.1, -0.05) is 51.0 Å². The molecule has 0 bridgehead atoms. The summed E-state index contributed by atoms with van der Waals surface area (Å²) in [4.78, 5) is 0. The predicted octanol–water partition coefficient (Wildman–Crippen LogP) is 4.09. The Bertz CT molecular complexity index is 120. The van der Waals surface area contributed by atoms with Crippen LogP contribution in [0, 0.1) is 0 Å². The van der Waals surface area contributed by atoms with E-state index in [4.69, 9.17) is 0 Å².